The van der Waals surface area contributed by atoms with Crippen LogP contribution in [0.15, 0.2) is 64.1 Å². The van der Waals surface area contributed by atoms with Crippen LogP contribution in [0.3, 0.4) is 0 Å². The fourth-order valence-electron chi connectivity index (χ4n) is 3.22. The Bertz CT molecular complexity index is 1260. The van der Waals surface area contributed by atoms with Gasteiger partial charge in [-0.3, -0.25) is 9.36 Å². The molecular weight excluding hydrogens is 490 g/mol. The van der Waals surface area contributed by atoms with Crippen molar-refractivity contribution in [2.24, 2.45) is 5.92 Å². The Morgan fingerprint density at radius 1 is 1.06 bits per heavy atom. The summed E-state index contributed by atoms with van der Waals surface area (Å²) in [6.45, 7) is 3.52. The second kappa shape index (κ2) is 11.0. The minimum Gasteiger partial charge on any atom is -0.480 e. The van der Waals surface area contributed by atoms with Crippen molar-refractivity contribution in [1.29, 1.82) is 0 Å². The molecule has 2 N–H and O–H groups in total. The van der Waals surface area contributed by atoms with E-state index in [1.54, 1.807) is 36.9 Å². The normalized spacial score (nSPS) is 12.2. The van der Waals surface area contributed by atoms with Crippen LogP contribution in [0.25, 0.3) is 15.9 Å². The van der Waals surface area contributed by atoms with Gasteiger partial charge < -0.3 is 10.4 Å². The molecule has 176 valence electrons. The smallest absolute Gasteiger partial charge is 0.326 e. The van der Waals surface area contributed by atoms with Gasteiger partial charge in [-0.1, -0.05) is 67.7 Å². The molecule has 2 heterocycles. The van der Waals surface area contributed by atoms with Crippen LogP contribution in [0, 0.1) is 5.92 Å². The Hall–Kier alpha value is -2.89. The van der Waals surface area contributed by atoms with Gasteiger partial charge in [0.1, 0.15) is 11.9 Å². The van der Waals surface area contributed by atoms with E-state index in [-0.39, 0.29) is 17.6 Å². The molecule has 1 atom stereocenters. The molecule has 2 aromatic carbocycles. The molecule has 8 nitrogen and oxygen atoms in total. The first-order valence-electron chi connectivity index (χ1n) is 10.6. The minimum atomic E-state index is -1.05. The molecule has 0 spiro atoms. The van der Waals surface area contributed by atoms with E-state index in [0.29, 0.717) is 10.9 Å². The molecule has 1 amide bonds. The van der Waals surface area contributed by atoms with Crippen LogP contribution in [0.4, 0.5) is 0 Å². The molecule has 0 saturated heterocycles. The van der Waals surface area contributed by atoms with Gasteiger partial charge in [-0.15, -0.1) is 21.5 Å². The minimum absolute atomic E-state index is 0.0342. The third kappa shape index (κ3) is 5.78. The maximum absolute atomic E-state index is 12.4. The van der Waals surface area contributed by atoms with E-state index in [1.807, 2.05) is 53.1 Å². The molecule has 2 aromatic heterocycles. The SMILES string of the molecule is CC(C)[C@H](NC(=O)CSc1nnc(CSc2nc3ccccc3s2)n1-c1ccccc1)C(=O)O. The van der Waals surface area contributed by atoms with Gasteiger partial charge in [-0.25, -0.2) is 9.78 Å². The van der Waals surface area contributed by atoms with Crippen molar-refractivity contribution >= 4 is 57.0 Å². The molecule has 4 rings (SSSR count). The van der Waals surface area contributed by atoms with E-state index in [2.05, 4.69) is 26.6 Å². The van der Waals surface area contributed by atoms with E-state index in [9.17, 15) is 14.7 Å². The molecule has 0 bridgehead atoms. The lowest BCUT2D eigenvalue weighted by atomic mass is 10.1. The molecule has 0 aliphatic heterocycles. The van der Waals surface area contributed by atoms with Gasteiger partial charge in [0.15, 0.2) is 9.50 Å². The summed E-state index contributed by atoms with van der Waals surface area (Å²) in [4.78, 5) is 28.5. The number of carboxylic acid groups (broad SMARTS) is 1. The highest BCUT2D eigenvalue weighted by molar-refractivity contribution is 8.00. The van der Waals surface area contributed by atoms with Crippen LogP contribution in [-0.2, 0) is 15.3 Å². The standard InChI is InChI=1S/C23H23N5O3S3/c1-14(2)20(21(30)31)25-19(29)13-32-22-27-26-18(28(22)15-8-4-3-5-9-15)12-33-23-24-16-10-6-7-11-17(16)34-23/h3-11,14,20H,12-13H2,1-2H3,(H,25,29)(H,30,31)/t20-/m0/s1. The molecule has 34 heavy (non-hydrogen) atoms. The predicted octanol–water partition coefficient (Wildman–Crippen LogP) is 4.49. The number of carbonyl (C=O) groups excluding carboxylic acids is 1. The number of carboxylic acids is 1. The van der Waals surface area contributed by atoms with Gasteiger partial charge in [0.05, 0.1) is 21.7 Å². The van der Waals surface area contributed by atoms with Crippen LogP contribution in [0.5, 0.6) is 0 Å². The molecule has 0 radical (unpaired) electrons. The van der Waals surface area contributed by atoms with Gasteiger partial charge in [-0.2, -0.15) is 0 Å². The van der Waals surface area contributed by atoms with E-state index in [1.165, 1.54) is 11.8 Å². The van der Waals surface area contributed by atoms with Gasteiger partial charge in [-0.05, 0) is 30.2 Å². The molecule has 0 unspecified atom stereocenters. The molecule has 0 fully saturated rings. The summed E-state index contributed by atoms with van der Waals surface area (Å²) in [5.74, 6) is -0.293. The van der Waals surface area contributed by atoms with Crippen molar-refractivity contribution < 1.29 is 14.7 Å². The number of para-hydroxylation sites is 2. The van der Waals surface area contributed by atoms with Crippen molar-refractivity contribution in [2.75, 3.05) is 5.75 Å². The number of nitrogens with zero attached hydrogens (tertiary/aromatic N) is 4. The fraction of sp³-hybridized carbons (Fsp3) is 0.261. The summed E-state index contributed by atoms with van der Waals surface area (Å²) < 4.78 is 4.01. The summed E-state index contributed by atoms with van der Waals surface area (Å²) >= 11 is 4.45. The largest absolute Gasteiger partial charge is 0.480 e. The molecule has 0 aliphatic rings. The number of fused-ring (bicyclic) bond motifs is 1. The summed E-state index contributed by atoms with van der Waals surface area (Å²) in [6.07, 6.45) is 0. The van der Waals surface area contributed by atoms with Crippen molar-refractivity contribution in [3.05, 3.63) is 60.4 Å². The zero-order valence-corrected chi connectivity index (χ0v) is 21.0. The summed E-state index contributed by atoms with van der Waals surface area (Å²) in [5, 5.41) is 21.2. The number of thioether (sulfide) groups is 2. The van der Waals surface area contributed by atoms with E-state index in [4.69, 9.17) is 0 Å². The number of aliphatic carboxylic acids is 1. The molecular formula is C23H23N5O3S3. The number of hydrogen-bond acceptors (Lipinski definition) is 8. The Morgan fingerprint density at radius 2 is 1.79 bits per heavy atom. The zero-order valence-electron chi connectivity index (χ0n) is 18.5. The first-order valence-corrected chi connectivity index (χ1v) is 13.3. The Kier molecular flexibility index (Phi) is 7.86. The fourth-order valence-corrected chi connectivity index (χ4v) is 5.98. The van der Waals surface area contributed by atoms with Gasteiger partial charge in [0, 0.05) is 5.69 Å². The highest BCUT2D eigenvalue weighted by atomic mass is 32.2. The summed E-state index contributed by atoms with van der Waals surface area (Å²) in [7, 11) is 0. The maximum atomic E-state index is 12.4. The monoisotopic (exact) mass is 513 g/mol. The van der Waals surface area contributed by atoms with Gasteiger partial charge in [0.2, 0.25) is 5.91 Å². The lowest BCUT2D eigenvalue weighted by Crippen LogP contribution is -2.45. The van der Waals surface area contributed by atoms with Crippen molar-refractivity contribution in [3.8, 4) is 5.69 Å². The van der Waals surface area contributed by atoms with Crippen molar-refractivity contribution in [1.82, 2.24) is 25.1 Å². The predicted molar refractivity (Wildman–Crippen MR) is 136 cm³/mol. The van der Waals surface area contributed by atoms with E-state index < -0.39 is 12.0 Å². The van der Waals surface area contributed by atoms with Crippen LogP contribution >= 0.6 is 34.9 Å². The summed E-state index contributed by atoms with van der Waals surface area (Å²) in [5.41, 5.74) is 1.86. The number of amides is 1. The Labute approximate surface area is 209 Å². The number of aromatic nitrogens is 4. The van der Waals surface area contributed by atoms with Crippen molar-refractivity contribution in [2.45, 2.75) is 35.1 Å². The Morgan fingerprint density at radius 3 is 2.50 bits per heavy atom. The maximum Gasteiger partial charge on any atom is 0.326 e. The number of rotatable bonds is 10. The first kappa shape index (κ1) is 24.2. The first-order chi connectivity index (χ1) is 16.4. The third-order valence-electron chi connectivity index (χ3n) is 4.90. The molecule has 11 heteroatoms. The summed E-state index contributed by atoms with van der Waals surface area (Å²) in [6, 6.07) is 16.8. The highest BCUT2D eigenvalue weighted by Gasteiger charge is 2.24. The lowest BCUT2D eigenvalue weighted by molar-refractivity contribution is -0.142. The zero-order chi connectivity index (χ0) is 24.1. The lowest BCUT2D eigenvalue weighted by Gasteiger charge is -2.17. The molecule has 0 aliphatic carbocycles. The number of nitrogens with one attached hydrogen (secondary N) is 1. The van der Waals surface area contributed by atoms with Crippen LogP contribution in [0.1, 0.15) is 19.7 Å². The van der Waals surface area contributed by atoms with Crippen LogP contribution in [-0.4, -0.2) is 48.5 Å². The molecule has 0 saturated carbocycles. The average molecular weight is 514 g/mol. The van der Waals surface area contributed by atoms with Crippen LogP contribution in [0.2, 0.25) is 0 Å². The third-order valence-corrected chi connectivity index (χ3v) is 8.00. The highest BCUT2D eigenvalue weighted by Crippen LogP contribution is 2.32. The second-order valence-corrected chi connectivity index (χ2v) is 10.9. The van der Waals surface area contributed by atoms with Crippen molar-refractivity contribution in [3.63, 3.8) is 0 Å². The second-order valence-electron chi connectivity index (χ2n) is 7.72. The number of benzene rings is 2. The number of carbonyl (C=O) groups is 2. The quantitative estimate of drug-likeness (QED) is 0.299. The average Bonchev–Trinajstić information content (AvgIpc) is 3.43. The number of thiazole rings is 1. The topological polar surface area (TPSA) is 110 Å². The van der Waals surface area contributed by atoms with E-state index in [0.717, 1.165) is 26.1 Å². The van der Waals surface area contributed by atoms with Gasteiger partial charge >= 0.3 is 5.97 Å². The Balaban J connectivity index is 1.50. The van der Waals surface area contributed by atoms with Gasteiger partial charge in [0.25, 0.3) is 0 Å². The van der Waals surface area contributed by atoms with Crippen LogP contribution < -0.4 is 5.32 Å². The number of hydrogen-bond donors (Lipinski definition) is 2. The molecule has 4 aromatic rings. The van der Waals surface area contributed by atoms with E-state index >= 15 is 0 Å².